The van der Waals surface area contributed by atoms with Crippen molar-refractivity contribution in [2.75, 3.05) is 26.1 Å². The fraction of sp³-hybridized carbons (Fsp3) is 0.429. The van der Waals surface area contributed by atoms with Crippen molar-refractivity contribution in [2.24, 2.45) is 11.8 Å². The van der Waals surface area contributed by atoms with Crippen molar-refractivity contribution in [1.29, 1.82) is 0 Å². The molecule has 5 rings (SSSR count). The normalized spacial score (nSPS) is 16.2. The lowest BCUT2D eigenvalue weighted by Crippen LogP contribution is -2.12. The van der Waals surface area contributed by atoms with Crippen LogP contribution in [-0.2, 0) is 6.42 Å². The highest BCUT2D eigenvalue weighted by Gasteiger charge is 2.15. The number of anilines is 1. The topological polar surface area (TPSA) is 47.5 Å². The number of fused-ring (bicyclic) bond motifs is 1. The summed E-state index contributed by atoms with van der Waals surface area (Å²) in [5.41, 5.74) is 2.28. The molecule has 1 saturated carbocycles. The summed E-state index contributed by atoms with van der Waals surface area (Å²) in [7, 11) is 5.64. The van der Waals surface area contributed by atoms with E-state index in [1.807, 2.05) is 86.6 Å². The summed E-state index contributed by atoms with van der Waals surface area (Å²) < 4.78 is 10.9. The summed E-state index contributed by atoms with van der Waals surface area (Å²) in [5, 5.41) is 1.10. The second kappa shape index (κ2) is 15.9. The van der Waals surface area contributed by atoms with Gasteiger partial charge in [0.2, 0.25) is 0 Å². The van der Waals surface area contributed by atoms with Gasteiger partial charge in [0.1, 0.15) is 28.9 Å². The Morgan fingerprint density at radius 2 is 1.48 bits per heavy atom. The first-order valence-electron chi connectivity index (χ1n) is 14.6. The van der Waals surface area contributed by atoms with Gasteiger partial charge in [0.05, 0.1) is 12.6 Å². The van der Waals surface area contributed by atoms with Crippen LogP contribution in [0.25, 0.3) is 10.9 Å². The molecule has 5 nitrogen and oxygen atoms in total. The maximum Gasteiger partial charge on any atom is 0.139 e. The summed E-state index contributed by atoms with van der Waals surface area (Å²) in [6.07, 6.45) is 8.39. The van der Waals surface area contributed by atoms with Crippen LogP contribution in [-0.4, -0.2) is 31.2 Å². The van der Waals surface area contributed by atoms with E-state index in [-0.39, 0.29) is 0 Å². The Kier molecular flexibility index (Phi) is 12.3. The van der Waals surface area contributed by atoms with Gasteiger partial charge in [-0.15, -0.1) is 0 Å². The van der Waals surface area contributed by atoms with Gasteiger partial charge in [-0.2, -0.15) is 0 Å². The number of hydrogen-bond donors (Lipinski definition) is 0. The van der Waals surface area contributed by atoms with Gasteiger partial charge in [-0.3, -0.25) is 0 Å². The van der Waals surface area contributed by atoms with Gasteiger partial charge >= 0.3 is 0 Å². The van der Waals surface area contributed by atoms with Crippen LogP contribution >= 0.6 is 0 Å². The Hall–Kier alpha value is -3.60. The predicted molar refractivity (Wildman–Crippen MR) is 169 cm³/mol. The Morgan fingerprint density at radius 1 is 0.800 bits per heavy atom. The highest BCUT2D eigenvalue weighted by Crippen LogP contribution is 2.30. The average molecular weight is 542 g/mol. The summed E-state index contributed by atoms with van der Waals surface area (Å²) >= 11 is 0. The zero-order valence-corrected chi connectivity index (χ0v) is 25.5. The molecule has 1 aliphatic rings. The van der Waals surface area contributed by atoms with Crippen LogP contribution in [0.3, 0.4) is 0 Å². The average Bonchev–Trinajstić information content (AvgIpc) is 2.98. The Labute approximate surface area is 241 Å². The number of aromatic nitrogens is 2. The van der Waals surface area contributed by atoms with E-state index in [2.05, 4.69) is 42.9 Å². The van der Waals surface area contributed by atoms with Crippen molar-refractivity contribution in [2.45, 2.75) is 66.2 Å². The van der Waals surface area contributed by atoms with Gasteiger partial charge in [0, 0.05) is 19.5 Å². The van der Waals surface area contributed by atoms with E-state index in [1.54, 1.807) is 7.11 Å². The van der Waals surface area contributed by atoms with Gasteiger partial charge in [0.25, 0.3) is 0 Å². The van der Waals surface area contributed by atoms with E-state index < -0.39 is 0 Å². The number of benzene rings is 3. The van der Waals surface area contributed by atoms with E-state index >= 15 is 0 Å². The van der Waals surface area contributed by atoms with Gasteiger partial charge in [0.15, 0.2) is 0 Å². The SMILES string of the molecule is CCC1CCC(C)CC1.CCc1cccc(Oc2ccc(OC)cc2)c1.Cc1nc(N(C)C)c2ccccc2n1. The second-order valence-electron chi connectivity index (χ2n) is 10.8. The molecule has 0 atom stereocenters. The first kappa shape index (κ1) is 30.9. The fourth-order valence-electron chi connectivity index (χ4n) is 4.86. The molecular weight excluding hydrogens is 494 g/mol. The largest absolute Gasteiger partial charge is 0.497 e. The molecule has 0 N–H and O–H groups in total. The van der Waals surface area contributed by atoms with Crippen LogP contribution in [0.15, 0.2) is 72.8 Å². The third-order valence-electron chi connectivity index (χ3n) is 7.43. The minimum Gasteiger partial charge on any atom is -0.497 e. The smallest absolute Gasteiger partial charge is 0.139 e. The zero-order valence-electron chi connectivity index (χ0n) is 25.5. The van der Waals surface area contributed by atoms with Crippen molar-refractivity contribution in [3.63, 3.8) is 0 Å². The van der Waals surface area contributed by atoms with E-state index in [0.29, 0.717) is 0 Å². The summed E-state index contributed by atoms with van der Waals surface area (Å²) in [4.78, 5) is 10.8. The zero-order chi connectivity index (χ0) is 28.9. The summed E-state index contributed by atoms with van der Waals surface area (Å²) in [5.74, 6) is 6.41. The molecule has 1 aliphatic carbocycles. The number of rotatable bonds is 6. The van der Waals surface area contributed by atoms with Crippen LogP contribution in [0.2, 0.25) is 0 Å². The van der Waals surface area contributed by atoms with Crippen LogP contribution < -0.4 is 14.4 Å². The molecule has 1 fully saturated rings. The molecule has 0 radical (unpaired) electrons. The third-order valence-corrected chi connectivity index (χ3v) is 7.43. The molecule has 214 valence electrons. The second-order valence-corrected chi connectivity index (χ2v) is 10.8. The number of para-hydroxylation sites is 1. The minimum absolute atomic E-state index is 0.812. The van der Waals surface area contributed by atoms with E-state index in [0.717, 1.165) is 58.1 Å². The lowest BCUT2D eigenvalue weighted by atomic mass is 9.82. The molecule has 0 amide bonds. The van der Waals surface area contributed by atoms with Crippen molar-refractivity contribution < 1.29 is 9.47 Å². The van der Waals surface area contributed by atoms with Gasteiger partial charge < -0.3 is 14.4 Å². The van der Waals surface area contributed by atoms with Crippen LogP contribution in [0, 0.1) is 18.8 Å². The molecule has 3 aromatic carbocycles. The molecule has 0 aliphatic heterocycles. The number of aryl methyl sites for hydroxylation is 2. The monoisotopic (exact) mass is 541 g/mol. The quantitative estimate of drug-likeness (QED) is 0.243. The molecule has 40 heavy (non-hydrogen) atoms. The standard InChI is InChI=1S/C15H16O2.C11H13N3.C9H18/c1-3-12-5-4-6-15(11-12)17-14-9-7-13(16-2)8-10-14;1-8-12-10-7-5-4-6-9(10)11(13-8)14(2)3;1-3-9-6-4-8(2)5-7-9/h4-11H,3H2,1-2H3;4-7H,1-3H3;8-9H,3-7H2,1-2H3. The third kappa shape index (κ3) is 9.55. The Bertz CT molecular complexity index is 1300. The molecule has 1 aromatic heterocycles. The Balaban J connectivity index is 0.000000173. The van der Waals surface area contributed by atoms with Crippen LogP contribution in [0.1, 0.15) is 64.3 Å². The number of ether oxygens (including phenoxy) is 2. The van der Waals surface area contributed by atoms with Crippen molar-refractivity contribution in [3.05, 3.63) is 84.2 Å². The fourth-order valence-corrected chi connectivity index (χ4v) is 4.86. The molecule has 4 aromatic rings. The first-order valence-corrected chi connectivity index (χ1v) is 14.6. The lowest BCUT2D eigenvalue weighted by molar-refractivity contribution is 0.284. The van der Waals surface area contributed by atoms with E-state index in [4.69, 9.17) is 9.47 Å². The Morgan fingerprint density at radius 3 is 2.10 bits per heavy atom. The van der Waals surface area contributed by atoms with E-state index in [1.165, 1.54) is 37.7 Å². The molecule has 0 spiro atoms. The molecule has 0 unspecified atom stereocenters. The number of methoxy groups -OCH3 is 1. The van der Waals surface area contributed by atoms with Gasteiger partial charge in [-0.1, -0.05) is 77.1 Å². The number of hydrogen-bond acceptors (Lipinski definition) is 5. The first-order chi connectivity index (χ1) is 19.3. The van der Waals surface area contributed by atoms with E-state index in [9.17, 15) is 0 Å². The van der Waals surface area contributed by atoms with Crippen molar-refractivity contribution in [3.8, 4) is 17.2 Å². The van der Waals surface area contributed by atoms with Crippen molar-refractivity contribution >= 4 is 16.7 Å². The maximum atomic E-state index is 5.76. The molecule has 1 heterocycles. The highest BCUT2D eigenvalue weighted by atomic mass is 16.5. The predicted octanol–water partition coefficient (Wildman–Crippen LogP) is 9.28. The number of nitrogens with zero attached hydrogens (tertiary/aromatic N) is 3. The highest BCUT2D eigenvalue weighted by molar-refractivity contribution is 5.89. The lowest BCUT2D eigenvalue weighted by Gasteiger charge is -2.24. The van der Waals surface area contributed by atoms with Crippen molar-refractivity contribution in [1.82, 2.24) is 9.97 Å². The van der Waals surface area contributed by atoms with Crippen LogP contribution in [0.4, 0.5) is 5.82 Å². The maximum absolute atomic E-state index is 5.76. The van der Waals surface area contributed by atoms with Crippen LogP contribution in [0.5, 0.6) is 17.2 Å². The molecule has 0 bridgehead atoms. The minimum atomic E-state index is 0.812. The molecule has 5 heteroatoms. The molecule has 0 saturated heterocycles. The van der Waals surface area contributed by atoms with Gasteiger partial charge in [-0.25, -0.2) is 9.97 Å². The summed E-state index contributed by atoms with van der Waals surface area (Å²) in [6, 6.07) is 23.8. The summed E-state index contributed by atoms with van der Waals surface area (Å²) in [6.45, 7) is 8.75. The van der Waals surface area contributed by atoms with Gasteiger partial charge in [-0.05, 0) is 79.3 Å². The molecular formula is C35H47N3O2.